The van der Waals surface area contributed by atoms with Gasteiger partial charge in [-0.25, -0.2) is 0 Å². The summed E-state index contributed by atoms with van der Waals surface area (Å²) < 4.78 is 32.1. The van der Waals surface area contributed by atoms with E-state index < -0.39 is 11.4 Å². The molecule has 1 fully saturated rings. The van der Waals surface area contributed by atoms with Gasteiger partial charge in [0.1, 0.15) is 0 Å². The SMILES string of the molecule is COC1CCCOC(=O)CCCCCOS(=O)OCCC1. The van der Waals surface area contributed by atoms with E-state index in [1.54, 1.807) is 7.11 Å². The molecule has 7 heteroatoms. The molecule has 0 saturated carbocycles. The average molecular weight is 322 g/mol. The largest absolute Gasteiger partial charge is 0.466 e. The van der Waals surface area contributed by atoms with Gasteiger partial charge < -0.3 is 9.47 Å². The molecule has 0 amide bonds. The van der Waals surface area contributed by atoms with Crippen LogP contribution in [0, 0.1) is 0 Å². The summed E-state index contributed by atoms with van der Waals surface area (Å²) in [5.41, 5.74) is 0. The molecule has 0 aromatic rings. The maximum absolute atomic E-state index is 11.5. The molecular weight excluding hydrogens is 296 g/mol. The van der Waals surface area contributed by atoms with Crippen LogP contribution in [0.5, 0.6) is 0 Å². The molecule has 1 aliphatic rings. The summed E-state index contributed by atoms with van der Waals surface area (Å²) in [6.07, 6.45) is 6.10. The number of hydrogen-bond donors (Lipinski definition) is 0. The fourth-order valence-electron chi connectivity index (χ4n) is 2.10. The highest BCUT2D eigenvalue weighted by Gasteiger charge is 2.10. The lowest BCUT2D eigenvalue weighted by Gasteiger charge is -2.14. The average Bonchev–Trinajstić information content (AvgIpc) is 2.48. The monoisotopic (exact) mass is 322 g/mol. The molecule has 6 nitrogen and oxygen atoms in total. The molecular formula is C14H26O6S. The molecule has 0 aromatic carbocycles. The second-order valence-electron chi connectivity index (χ2n) is 5.02. The molecule has 0 N–H and O–H groups in total. The predicted octanol–water partition coefficient (Wildman–Crippen LogP) is 2.29. The van der Waals surface area contributed by atoms with E-state index >= 15 is 0 Å². The lowest BCUT2D eigenvalue weighted by molar-refractivity contribution is -0.144. The Morgan fingerprint density at radius 2 is 1.67 bits per heavy atom. The standard InChI is InChI=1S/C14H26O6S/c1-17-13-7-5-10-18-14(15)9-3-2-4-11-19-21(16)20-12-6-8-13/h13H,2-12H2,1H3. The number of ether oxygens (including phenoxy) is 2. The third-order valence-electron chi connectivity index (χ3n) is 3.32. The zero-order valence-corrected chi connectivity index (χ0v) is 13.5. The Labute approximate surface area is 129 Å². The fourth-order valence-corrected chi connectivity index (χ4v) is 2.67. The van der Waals surface area contributed by atoms with Gasteiger partial charge in [-0.3, -0.25) is 13.2 Å². The van der Waals surface area contributed by atoms with E-state index in [4.69, 9.17) is 17.8 Å². The van der Waals surface area contributed by atoms with Crippen molar-refractivity contribution in [2.45, 2.75) is 57.5 Å². The van der Waals surface area contributed by atoms with Crippen LogP contribution >= 0.6 is 0 Å². The molecule has 1 rings (SSSR count). The zero-order valence-electron chi connectivity index (χ0n) is 12.7. The molecule has 1 saturated heterocycles. The highest BCUT2D eigenvalue weighted by molar-refractivity contribution is 7.75. The lowest BCUT2D eigenvalue weighted by Crippen LogP contribution is -2.14. The predicted molar refractivity (Wildman–Crippen MR) is 78.7 cm³/mol. The first-order chi connectivity index (χ1) is 10.2. The van der Waals surface area contributed by atoms with Gasteiger partial charge in [0.05, 0.1) is 25.9 Å². The van der Waals surface area contributed by atoms with Gasteiger partial charge in [-0.1, -0.05) is 6.42 Å². The van der Waals surface area contributed by atoms with Gasteiger partial charge in [-0.05, 0) is 38.5 Å². The highest BCUT2D eigenvalue weighted by Crippen LogP contribution is 2.11. The lowest BCUT2D eigenvalue weighted by atomic mass is 10.1. The second kappa shape index (κ2) is 12.1. The first-order valence-electron chi connectivity index (χ1n) is 7.59. The van der Waals surface area contributed by atoms with Crippen molar-refractivity contribution < 1.29 is 26.8 Å². The van der Waals surface area contributed by atoms with Crippen molar-refractivity contribution in [2.75, 3.05) is 26.9 Å². The van der Waals surface area contributed by atoms with Crippen LogP contribution in [0.3, 0.4) is 0 Å². The molecule has 0 radical (unpaired) electrons. The smallest absolute Gasteiger partial charge is 0.305 e. The van der Waals surface area contributed by atoms with E-state index in [0.29, 0.717) is 26.2 Å². The number of carbonyl (C=O) groups excluding carboxylic acids is 1. The van der Waals surface area contributed by atoms with Gasteiger partial charge in [-0.2, -0.15) is 4.21 Å². The van der Waals surface area contributed by atoms with Crippen molar-refractivity contribution in [2.24, 2.45) is 0 Å². The fraction of sp³-hybridized carbons (Fsp3) is 0.929. The topological polar surface area (TPSA) is 71.1 Å². The summed E-state index contributed by atoms with van der Waals surface area (Å²) >= 11 is -1.67. The van der Waals surface area contributed by atoms with Crippen LogP contribution in [0.1, 0.15) is 51.4 Å². The third kappa shape index (κ3) is 9.95. The molecule has 0 aliphatic carbocycles. The van der Waals surface area contributed by atoms with Crippen LogP contribution in [-0.2, 0) is 34.0 Å². The molecule has 0 aromatic heterocycles. The molecule has 1 heterocycles. The van der Waals surface area contributed by atoms with Gasteiger partial charge >= 0.3 is 17.3 Å². The van der Waals surface area contributed by atoms with Crippen molar-refractivity contribution >= 4 is 17.3 Å². The Kier molecular flexibility index (Phi) is 10.7. The van der Waals surface area contributed by atoms with Gasteiger partial charge in [0.25, 0.3) is 0 Å². The summed E-state index contributed by atoms with van der Waals surface area (Å²) in [6, 6.07) is 0. The Hall–Kier alpha value is -0.500. The Morgan fingerprint density at radius 3 is 2.38 bits per heavy atom. The molecule has 2 unspecified atom stereocenters. The van der Waals surface area contributed by atoms with E-state index in [1.165, 1.54) is 0 Å². The summed E-state index contributed by atoms with van der Waals surface area (Å²) in [7, 11) is 1.67. The minimum atomic E-state index is -1.67. The van der Waals surface area contributed by atoms with Crippen LogP contribution in [0.4, 0.5) is 0 Å². The molecule has 21 heavy (non-hydrogen) atoms. The van der Waals surface area contributed by atoms with Gasteiger partial charge in [0.2, 0.25) is 0 Å². The maximum atomic E-state index is 11.5. The molecule has 2 atom stereocenters. The van der Waals surface area contributed by atoms with E-state index in [9.17, 15) is 9.00 Å². The molecule has 0 bridgehead atoms. The van der Waals surface area contributed by atoms with Crippen LogP contribution in [-0.4, -0.2) is 43.2 Å². The number of rotatable bonds is 1. The first-order valence-corrected chi connectivity index (χ1v) is 8.59. The Morgan fingerprint density at radius 1 is 1.00 bits per heavy atom. The van der Waals surface area contributed by atoms with E-state index in [0.717, 1.165) is 44.9 Å². The minimum absolute atomic E-state index is 0.109. The van der Waals surface area contributed by atoms with E-state index in [-0.39, 0.29) is 12.1 Å². The number of hydrogen-bond acceptors (Lipinski definition) is 6. The van der Waals surface area contributed by atoms with Crippen molar-refractivity contribution in [3.05, 3.63) is 0 Å². The number of methoxy groups -OCH3 is 1. The minimum Gasteiger partial charge on any atom is -0.466 e. The van der Waals surface area contributed by atoms with Crippen molar-refractivity contribution in [3.8, 4) is 0 Å². The van der Waals surface area contributed by atoms with Crippen LogP contribution < -0.4 is 0 Å². The normalized spacial score (nSPS) is 28.5. The molecule has 124 valence electrons. The van der Waals surface area contributed by atoms with Gasteiger partial charge in [0.15, 0.2) is 0 Å². The number of esters is 1. The van der Waals surface area contributed by atoms with Gasteiger partial charge in [0, 0.05) is 13.5 Å². The summed E-state index contributed by atoms with van der Waals surface area (Å²) in [4.78, 5) is 11.5. The van der Waals surface area contributed by atoms with Crippen LogP contribution in [0.15, 0.2) is 0 Å². The molecule has 1 aliphatic heterocycles. The third-order valence-corrected chi connectivity index (χ3v) is 4.04. The van der Waals surface area contributed by atoms with Crippen molar-refractivity contribution in [1.82, 2.24) is 0 Å². The second-order valence-corrected chi connectivity index (χ2v) is 5.90. The van der Waals surface area contributed by atoms with E-state index in [1.807, 2.05) is 0 Å². The van der Waals surface area contributed by atoms with E-state index in [2.05, 4.69) is 0 Å². The zero-order chi connectivity index (χ0) is 15.3. The summed E-state index contributed by atoms with van der Waals surface area (Å²) in [5.74, 6) is -0.152. The Bertz CT molecular complexity index is 282. The maximum Gasteiger partial charge on any atom is 0.305 e. The summed E-state index contributed by atoms with van der Waals surface area (Å²) in [5, 5.41) is 0. The van der Waals surface area contributed by atoms with Crippen molar-refractivity contribution in [1.29, 1.82) is 0 Å². The number of cyclic esters (lactones) is 1. The van der Waals surface area contributed by atoms with Crippen molar-refractivity contribution in [3.63, 3.8) is 0 Å². The quantitative estimate of drug-likeness (QED) is 0.690. The number of carbonyl (C=O) groups is 1. The first kappa shape index (κ1) is 18.5. The van der Waals surface area contributed by atoms with Crippen LogP contribution in [0.25, 0.3) is 0 Å². The van der Waals surface area contributed by atoms with Gasteiger partial charge in [-0.15, -0.1) is 0 Å². The molecule has 0 spiro atoms. The Balaban J connectivity index is 2.34. The highest BCUT2D eigenvalue weighted by atomic mass is 32.2. The van der Waals surface area contributed by atoms with Crippen LogP contribution in [0.2, 0.25) is 0 Å². The summed E-state index contributed by atoms with van der Waals surface area (Å²) in [6.45, 7) is 1.21.